The number of ether oxygens (including phenoxy) is 1. The molecule has 140 valence electrons. The van der Waals surface area contributed by atoms with Crippen molar-refractivity contribution in [3.8, 4) is 11.5 Å². The molecule has 1 unspecified atom stereocenters. The molecule has 28 heavy (non-hydrogen) atoms. The largest absolute Gasteiger partial charge is 0.508 e. The van der Waals surface area contributed by atoms with Crippen molar-refractivity contribution in [3.05, 3.63) is 90.3 Å². The van der Waals surface area contributed by atoms with Gasteiger partial charge in [0, 0.05) is 23.3 Å². The third-order valence-corrected chi connectivity index (χ3v) is 4.57. The van der Waals surface area contributed by atoms with Crippen molar-refractivity contribution in [3.63, 3.8) is 0 Å². The number of aromatic nitrogens is 2. The van der Waals surface area contributed by atoms with Crippen molar-refractivity contribution in [2.45, 2.75) is 13.0 Å². The quantitative estimate of drug-likeness (QED) is 0.503. The molecule has 5 nitrogen and oxygen atoms in total. The van der Waals surface area contributed by atoms with E-state index in [4.69, 9.17) is 4.74 Å². The fraction of sp³-hybridized carbons (Fsp3) is 0.130. The van der Waals surface area contributed by atoms with Crippen LogP contribution in [0.15, 0.2) is 79.1 Å². The van der Waals surface area contributed by atoms with Crippen molar-refractivity contribution >= 4 is 16.7 Å². The van der Waals surface area contributed by atoms with E-state index < -0.39 is 0 Å². The first kappa shape index (κ1) is 17.8. The zero-order valence-electron chi connectivity index (χ0n) is 15.5. The molecule has 0 bridgehead atoms. The maximum atomic E-state index is 10.7. The van der Waals surface area contributed by atoms with Gasteiger partial charge in [-0.05, 0) is 55.0 Å². The number of nitrogens with one attached hydrogen (secondary N) is 1. The van der Waals surface area contributed by atoms with Crippen LogP contribution in [0.1, 0.15) is 24.1 Å². The molecule has 2 aromatic heterocycles. The standard InChI is InChI=1S/C23H21N3O2/c1-2-28-17-10-8-16(9-11-17)23(26-21-7-3-4-14-25-21)22-18-6-5-15-24-19(18)12-13-20(22)27/h3-15,23,27H,2H2,1H3,(H,25,26). The summed E-state index contributed by atoms with van der Waals surface area (Å²) >= 11 is 0. The highest BCUT2D eigenvalue weighted by Gasteiger charge is 2.21. The number of benzene rings is 2. The number of phenolic OH excluding ortho intramolecular Hbond substituents is 1. The molecule has 2 N–H and O–H groups in total. The Morgan fingerprint density at radius 2 is 1.75 bits per heavy atom. The summed E-state index contributed by atoms with van der Waals surface area (Å²) < 4.78 is 5.57. The zero-order chi connectivity index (χ0) is 19.3. The number of aromatic hydroxyl groups is 1. The predicted octanol–water partition coefficient (Wildman–Crippen LogP) is 4.94. The van der Waals surface area contributed by atoms with Crippen LogP contribution in [0.4, 0.5) is 5.82 Å². The van der Waals surface area contributed by atoms with Gasteiger partial charge < -0.3 is 15.2 Å². The van der Waals surface area contributed by atoms with Gasteiger partial charge in [0.05, 0.1) is 18.2 Å². The van der Waals surface area contributed by atoms with E-state index >= 15 is 0 Å². The van der Waals surface area contributed by atoms with Crippen LogP contribution in [0, 0.1) is 0 Å². The van der Waals surface area contributed by atoms with Gasteiger partial charge in [-0.15, -0.1) is 0 Å². The molecule has 0 saturated heterocycles. The van der Waals surface area contributed by atoms with Gasteiger partial charge in [0.2, 0.25) is 0 Å². The van der Waals surface area contributed by atoms with Gasteiger partial charge in [-0.2, -0.15) is 0 Å². The summed E-state index contributed by atoms with van der Waals surface area (Å²) in [6, 6.07) is 20.6. The average molecular weight is 371 g/mol. The fourth-order valence-corrected chi connectivity index (χ4v) is 3.31. The minimum absolute atomic E-state index is 0.211. The Bertz CT molecular complexity index is 1070. The minimum atomic E-state index is -0.307. The first-order chi connectivity index (χ1) is 13.8. The Morgan fingerprint density at radius 3 is 2.50 bits per heavy atom. The molecule has 4 rings (SSSR count). The van der Waals surface area contributed by atoms with Crippen molar-refractivity contribution in [1.29, 1.82) is 0 Å². The molecule has 0 aliphatic carbocycles. The van der Waals surface area contributed by atoms with Gasteiger partial charge in [0.15, 0.2) is 0 Å². The van der Waals surface area contributed by atoms with Gasteiger partial charge in [-0.25, -0.2) is 4.98 Å². The van der Waals surface area contributed by atoms with Crippen molar-refractivity contribution in [2.75, 3.05) is 11.9 Å². The van der Waals surface area contributed by atoms with Gasteiger partial charge in [-0.1, -0.05) is 24.3 Å². The van der Waals surface area contributed by atoms with E-state index in [2.05, 4.69) is 15.3 Å². The summed E-state index contributed by atoms with van der Waals surface area (Å²) in [5, 5.41) is 15.1. The Balaban J connectivity index is 1.85. The number of anilines is 1. The maximum absolute atomic E-state index is 10.7. The van der Waals surface area contributed by atoms with Gasteiger partial charge in [-0.3, -0.25) is 4.98 Å². The molecule has 0 spiro atoms. The van der Waals surface area contributed by atoms with Crippen LogP contribution in [0.5, 0.6) is 11.5 Å². The summed E-state index contributed by atoms with van der Waals surface area (Å²) in [7, 11) is 0. The number of hydrogen-bond acceptors (Lipinski definition) is 5. The van der Waals surface area contributed by atoms with E-state index in [9.17, 15) is 5.11 Å². The Hall–Kier alpha value is -3.60. The molecular formula is C23H21N3O2. The van der Waals surface area contributed by atoms with Crippen LogP contribution < -0.4 is 10.1 Å². The van der Waals surface area contributed by atoms with Crippen molar-refractivity contribution < 1.29 is 9.84 Å². The SMILES string of the molecule is CCOc1ccc(C(Nc2ccccn2)c2c(O)ccc3ncccc23)cc1. The second kappa shape index (κ2) is 7.96. The van der Waals surface area contributed by atoms with E-state index in [1.807, 2.05) is 67.6 Å². The highest BCUT2D eigenvalue weighted by atomic mass is 16.5. The Morgan fingerprint density at radius 1 is 0.929 bits per heavy atom. The summed E-state index contributed by atoms with van der Waals surface area (Å²) in [6.45, 7) is 2.57. The fourth-order valence-electron chi connectivity index (χ4n) is 3.31. The molecule has 4 aromatic rings. The minimum Gasteiger partial charge on any atom is -0.508 e. The monoisotopic (exact) mass is 371 g/mol. The van der Waals surface area contributed by atoms with Crippen molar-refractivity contribution in [1.82, 2.24) is 9.97 Å². The lowest BCUT2D eigenvalue weighted by molar-refractivity contribution is 0.340. The summed E-state index contributed by atoms with van der Waals surface area (Å²) in [5.41, 5.74) is 2.58. The molecule has 2 aromatic carbocycles. The second-order valence-electron chi connectivity index (χ2n) is 6.36. The number of hydrogen-bond donors (Lipinski definition) is 2. The number of fused-ring (bicyclic) bond motifs is 1. The summed E-state index contributed by atoms with van der Waals surface area (Å²) in [5.74, 6) is 1.75. The van der Waals surface area contributed by atoms with Crippen molar-refractivity contribution in [2.24, 2.45) is 0 Å². The Labute approximate surface area is 163 Å². The number of rotatable bonds is 6. The van der Waals surface area contributed by atoms with Gasteiger partial charge in [0.25, 0.3) is 0 Å². The van der Waals surface area contributed by atoms with Crippen LogP contribution in [0.3, 0.4) is 0 Å². The van der Waals surface area contributed by atoms with E-state index in [1.54, 1.807) is 18.5 Å². The molecule has 0 amide bonds. The average Bonchev–Trinajstić information content (AvgIpc) is 2.74. The van der Waals surface area contributed by atoms with Gasteiger partial charge >= 0.3 is 0 Å². The molecule has 0 fully saturated rings. The molecule has 0 saturated carbocycles. The topological polar surface area (TPSA) is 67.3 Å². The van der Waals surface area contributed by atoms with E-state index in [1.165, 1.54) is 0 Å². The van der Waals surface area contributed by atoms with E-state index in [0.29, 0.717) is 6.61 Å². The molecule has 1 atom stereocenters. The molecule has 5 heteroatoms. The number of pyridine rings is 2. The second-order valence-corrected chi connectivity index (χ2v) is 6.36. The predicted molar refractivity (Wildman–Crippen MR) is 111 cm³/mol. The molecule has 2 heterocycles. The summed E-state index contributed by atoms with van der Waals surface area (Å²) in [6.07, 6.45) is 3.49. The summed E-state index contributed by atoms with van der Waals surface area (Å²) in [4.78, 5) is 8.82. The zero-order valence-corrected chi connectivity index (χ0v) is 15.5. The first-order valence-electron chi connectivity index (χ1n) is 9.23. The van der Waals surface area contributed by atoms with E-state index in [-0.39, 0.29) is 11.8 Å². The Kier molecular flexibility index (Phi) is 5.06. The van der Waals surface area contributed by atoms with E-state index in [0.717, 1.165) is 33.6 Å². The highest BCUT2D eigenvalue weighted by Crippen LogP contribution is 2.37. The molecule has 0 aliphatic rings. The van der Waals surface area contributed by atoms with Crippen LogP contribution in [0.2, 0.25) is 0 Å². The third kappa shape index (κ3) is 3.60. The van der Waals surface area contributed by atoms with Crippen LogP contribution in [0.25, 0.3) is 10.9 Å². The number of nitrogens with zero attached hydrogens (tertiary/aromatic N) is 2. The smallest absolute Gasteiger partial charge is 0.126 e. The molecular weight excluding hydrogens is 350 g/mol. The lowest BCUT2D eigenvalue weighted by Crippen LogP contribution is -2.14. The maximum Gasteiger partial charge on any atom is 0.126 e. The molecule has 0 radical (unpaired) electrons. The third-order valence-electron chi connectivity index (χ3n) is 4.57. The first-order valence-corrected chi connectivity index (χ1v) is 9.23. The lowest BCUT2D eigenvalue weighted by atomic mass is 9.94. The van der Waals surface area contributed by atoms with Crippen LogP contribution >= 0.6 is 0 Å². The normalized spacial score (nSPS) is 11.9. The number of phenols is 1. The van der Waals surface area contributed by atoms with Crippen LogP contribution in [-0.2, 0) is 0 Å². The highest BCUT2D eigenvalue weighted by molar-refractivity contribution is 5.86. The molecule has 0 aliphatic heterocycles. The lowest BCUT2D eigenvalue weighted by Gasteiger charge is -2.23. The van der Waals surface area contributed by atoms with Crippen LogP contribution in [-0.4, -0.2) is 21.7 Å². The van der Waals surface area contributed by atoms with Gasteiger partial charge in [0.1, 0.15) is 17.3 Å².